The summed E-state index contributed by atoms with van der Waals surface area (Å²) in [5, 5.41) is 38.1. The number of amides is 2. The number of benzene rings is 4. The van der Waals surface area contributed by atoms with Crippen molar-refractivity contribution in [2.45, 2.75) is 112 Å². The third kappa shape index (κ3) is 16.2. The molecule has 92 heavy (non-hydrogen) atoms. The molecule has 5 N–H and O–H groups in total. The fourth-order valence-electron chi connectivity index (χ4n) is 11.2. The first-order valence-electron chi connectivity index (χ1n) is 29.7. The molecule has 11 rings (SSSR count). The van der Waals surface area contributed by atoms with Crippen molar-refractivity contribution in [1.82, 2.24) is 24.2 Å². The summed E-state index contributed by atoms with van der Waals surface area (Å²) >= 11 is 0. The fraction of sp³-hybridized carbons (Fsp3) is 0.492. The molecule has 6 aliphatic rings. The molecule has 500 valence electrons. The molecule has 31 heteroatoms. The number of aliphatic hydroxyl groups is 2. The summed E-state index contributed by atoms with van der Waals surface area (Å²) in [7, 11) is -8.24. The summed E-state index contributed by atoms with van der Waals surface area (Å²) in [4.78, 5) is 29.1. The van der Waals surface area contributed by atoms with Gasteiger partial charge in [0.2, 0.25) is 51.1 Å². The number of phenolic OH excluding ortho intramolecular Hbond substituents is 1. The number of aliphatic hydroxyl groups excluding tert-OH is 2. The molecule has 0 saturated carbocycles. The van der Waals surface area contributed by atoms with Crippen molar-refractivity contribution >= 4 is 32.2 Å². The minimum Gasteiger partial charge on any atom is -0.508 e. The Balaban J connectivity index is 0.000000206. The van der Waals surface area contributed by atoms with Crippen molar-refractivity contribution in [3.05, 3.63) is 119 Å². The van der Waals surface area contributed by atoms with Crippen molar-refractivity contribution in [2.24, 2.45) is 23.7 Å². The van der Waals surface area contributed by atoms with Gasteiger partial charge in [-0.2, -0.15) is 26.8 Å². The summed E-state index contributed by atoms with van der Waals surface area (Å²) in [6, 6.07) is 18.4. The highest BCUT2D eigenvalue weighted by Gasteiger charge is 2.46. The maximum Gasteiger partial charge on any atom is 0.407 e. The van der Waals surface area contributed by atoms with Gasteiger partial charge in [-0.25, -0.2) is 30.8 Å². The van der Waals surface area contributed by atoms with E-state index in [0.717, 1.165) is 9.87 Å². The van der Waals surface area contributed by atoms with Gasteiger partial charge < -0.3 is 78.1 Å². The number of carbonyl (C=O) groups is 2. The van der Waals surface area contributed by atoms with Crippen LogP contribution in [-0.4, -0.2) is 173 Å². The van der Waals surface area contributed by atoms with Gasteiger partial charge in [-0.1, -0.05) is 52.0 Å². The first kappa shape index (κ1) is 67.6. The lowest BCUT2D eigenvalue weighted by molar-refractivity contribution is -0.0909. The number of hydrogen-bond donors (Lipinski definition) is 5. The van der Waals surface area contributed by atoms with Gasteiger partial charge in [0, 0.05) is 38.3 Å². The van der Waals surface area contributed by atoms with E-state index in [1.54, 1.807) is 12.1 Å². The number of alkyl carbamates (subject to hydrolysis) is 2. The molecular formula is C61H71F4N5O20S2. The molecule has 0 radical (unpaired) electrons. The molecule has 4 fully saturated rings. The fourth-order valence-corrected chi connectivity index (χ4v) is 14.5. The van der Waals surface area contributed by atoms with Crippen LogP contribution in [-0.2, 0) is 61.3 Å². The largest absolute Gasteiger partial charge is 0.508 e. The average Bonchev–Trinajstić information content (AvgIpc) is 1.32. The number of pyridine rings is 1. The Morgan fingerprint density at radius 1 is 0.587 bits per heavy atom. The summed E-state index contributed by atoms with van der Waals surface area (Å²) in [6.45, 7) is 8.08. The van der Waals surface area contributed by atoms with Crippen LogP contribution >= 0.6 is 0 Å². The van der Waals surface area contributed by atoms with Crippen molar-refractivity contribution in [2.75, 3.05) is 66.2 Å². The van der Waals surface area contributed by atoms with Crippen molar-refractivity contribution in [3.8, 4) is 40.4 Å². The van der Waals surface area contributed by atoms with Crippen LogP contribution in [0.5, 0.6) is 40.4 Å². The van der Waals surface area contributed by atoms with Gasteiger partial charge in [0.05, 0.1) is 72.3 Å². The Labute approximate surface area is 527 Å². The first-order chi connectivity index (χ1) is 43.9. The predicted molar refractivity (Wildman–Crippen MR) is 312 cm³/mol. The van der Waals surface area contributed by atoms with E-state index in [1.807, 2.05) is 27.7 Å². The smallest absolute Gasteiger partial charge is 0.407 e. The number of carbonyl (C=O) groups excluding carboxylic acids is 2. The molecule has 0 bridgehead atoms. The first-order valence-corrected chi connectivity index (χ1v) is 32.6. The molecule has 4 saturated heterocycles. The number of fused-ring (bicyclic) bond motifs is 4. The van der Waals surface area contributed by atoms with Crippen LogP contribution in [0.15, 0.2) is 94.7 Å². The SMILES string of the molecule is CC(C)CN(C[C@@H](O)[C@H](Cc1ccc(O)cc1)NC(=O)O[C@H]1CO[C@H]2OCC[C@H]21)S(=O)(=O)c1ccc2c(c1)OCO2.CC(C)CN(C[C@@H](O)[C@H](Cc1ccc(Oc2nc(F)c(F)c(F)c2F)cc1)NC(=O)O[C@H]1CO[C@H]2OCC[C@H]21)S(=O)(=O)c1ccc2c(c1)OCO2. The number of phenols is 1. The van der Waals surface area contributed by atoms with E-state index >= 15 is 0 Å². The molecule has 10 atom stereocenters. The number of hydrogen-bond acceptors (Lipinski definition) is 21. The zero-order valence-corrected chi connectivity index (χ0v) is 52.0. The van der Waals surface area contributed by atoms with E-state index in [4.69, 9.17) is 52.1 Å². The number of aromatic nitrogens is 1. The molecule has 1 aromatic heterocycles. The number of aromatic hydroxyl groups is 1. The molecule has 2 amide bonds. The summed E-state index contributed by atoms with van der Waals surface area (Å²) in [6.07, 6.45) is -4.96. The van der Waals surface area contributed by atoms with Crippen LogP contribution < -0.4 is 34.3 Å². The third-order valence-electron chi connectivity index (χ3n) is 15.8. The Hall–Kier alpha value is -7.33. The van der Waals surface area contributed by atoms with E-state index in [2.05, 4.69) is 15.6 Å². The van der Waals surface area contributed by atoms with Crippen LogP contribution in [0.25, 0.3) is 0 Å². The second-order valence-electron chi connectivity index (χ2n) is 23.5. The minimum absolute atomic E-state index is 0.00613. The molecule has 0 spiro atoms. The van der Waals surface area contributed by atoms with E-state index in [1.165, 1.54) is 77.1 Å². The van der Waals surface area contributed by atoms with Gasteiger partial charge in [-0.3, -0.25) is 0 Å². The lowest BCUT2D eigenvalue weighted by Gasteiger charge is -2.31. The molecule has 25 nitrogen and oxygen atoms in total. The Bertz CT molecular complexity index is 3640. The second kappa shape index (κ2) is 29.3. The zero-order chi connectivity index (χ0) is 65.6. The third-order valence-corrected chi connectivity index (χ3v) is 19.5. The van der Waals surface area contributed by atoms with E-state index in [9.17, 15) is 59.3 Å². The Kier molecular flexibility index (Phi) is 21.5. The number of nitrogens with one attached hydrogen (secondary N) is 2. The number of ether oxygens (including phenoxy) is 11. The van der Waals surface area contributed by atoms with E-state index in [-0.39, 0.29) is 110 Å². The number of halogens is 4. The molecule has 0 unspecified atom stereocenters. The van der Waals surface area contributed by atoms with Gasteiger partial charge in [0.15, 0.2) is 35.6 Å². The highest BCUT2D eigenvalue weighted by molar-refractivity contribution is 7.89. The standard InChI is InChI=1S/C33H35F4N3O10S.C28H36N2O10S/c1-17(2)13-40(51(43,44)20-7-8-24-25(12-20)48-16-47-24)14-23(41)22(38-33(42)50-26-15-46-32-21(26)9-10-45-32)11-18-3-5-19(6-4-18)49-31-29(36)27(34)28(35)30(37)39-31;1-17(2)13-30(41(34,35)20-7-8-24-25(12-20)39-16-38-24)14-23(32)22(11-18-3-5-19(31)6-4-18)29-28(33)40-26-15-37-27-21(26)9-10-36-27/h3-8,12,17,21-23,26,32,41H,9-11,13-16H2,1-2H3,(H,38,42);3-8,12,17,21-23,26-27,31-32H,9-11,13-16H2,1-2H3,(H,29,33)/t21-,22-,23+,26-,32+;21-,22-,23+,26-,27+/m00/s1. The highest BCUT2D eigenvalue weighted by Crippen LogP contribution is 2.38. The second-order valence-corrected chi connectivity index (χ2v) is 27.4. The topological polar surface area (TPSA) is 308 Å². The van der Waals surface area contributed by atoms with Gasteiger partial charge in [-0.05, 0) is 97.2 Å². The molecule has 7 heterocycles. The number of rotatable bonds is 24. The molecule has 5 aromatic rings. The van der Waals surface area contributed by atoms with Crippen molar-refractivity contribution in [3.63, 3.8) is 0 Å². The van der Waals surface area contributed by atoms with Crippen LogP contribution in [0.1, 0.15) is 51.7 Å². The van der Waals surface area contributed by atoms with Crippen LogP contribution in [0.2, 0.25) is 0 Å². The lowest BCUT2D eigenvalue weighted by Crippen LogP contribution is -2.51. The lowest BCUT2D eigenvalue weighted by atomic mass is 10.0. The quantitative estimate of drug-likeness (QED) is 0.0325. The summed E-state index contributed by atoms with van der Waals surface area (Å²) in [5.41, 5.74) is 1.19. The molecule has 0 aliphatic carbocycles. The number of sulfonamides is 2. The van der Waals surface area contributed by atoms with Gasteiger partial charge in [0.25, 0.3) is 11.8 Å². The van der Waals surface area contributed by atoms with Crippen LogP contribution in [0.4, 0.5) is 27.2 Å². The summed E-state index contributed by atoms with van der Waals surface area (Å²) < 4.78 is 172. The molecule has 6 aliphatic heterocycles. The minimum atomic E-state index is -4.19. The van der Waals surface area contributed by atoms with E-state index in [0.29, 0.717) is 48.9 Å². The van der Waals surface area contributed by atoms with Gasteiger partial charge in [-0.15, -0.1) is 0 Å². The maximum absolute atomic E-state index is 14.1. The van der Waals surface area contributed by atoms with Gasteiger partial charge >= 0.3 is 12.2 Å². The zero-order valence-electron chi connectivity index (χ0n) is 50.4. The summed E-state index contributed by atoms with van der Waals surface area (Å²) in [5.74, 6) is -8.05. The van der Waals surface area contributed by atoms with Crippen LogP contribution in [0.3, 0.4) is 0 Å². The van der Waals surface area contributed by atoms with E-state index < -0.39 is 117 Å². The Morgan fingerprint density at radius 2 is 1.02 bits per heavy atom. The molecular weight excluding hydrogens is 1260 g/mol. The average molecular weight is 1330 g/mol. The molecule has 4 aromatic carbocycles. The predicted octanol–water partition coefficient (Wildman–Crippen LogP) is 6.49. The monoisotopic (exact) mass is 1330 g/mol. The maximum atomic E-state index is 14.1. The van der Waals surface area contributed by atoms with Crippen molar-refractivity contribution in [1.29, 1.82) is 0 Å². The Morgan fingerprint density at radius 3 is 1.47 bits per heavy atom. The number of nitrogens with zero attached hydrogens (tertiary/aromatic N) is 3. The normalized spacial score (nSPS) is 21.8. The van der Waals surface area contributed by atoms with Crippen molar-refractivity contribution < 1.29 is 111 Å². The highest BCUT2D eigenvalue weighted by atomic mass is 32.2. The van der Waals surface area contributed by atoms with Gasteiger partial charge in [0.1, 0.15) is 23.7 Å². The van der Waals surface area contributed by atoms with Crippen LogP contribution in [0, 0.1) is 47.1 Å².